The van der Waals surface area contributed by atoms with Gasteiger partial charge in [0.2, 0.25) is 0 Å². The zero-order valence-electron chi connectivity index (χ0n) is 14.0. The summed E-state index contributed by atoms with van der Waals surface area (Å²) in [7, 11) is 0. The van der Waals surface area contributed by atoms with Gasteiger partial charge >= 0.3 is 0 Å². The Bertz CT molecular complexity index is 1230. The van der Waals surface area contributed by atoms with Gasteiger partial charge in [-0.05, 0) is 29.8 Å². The Morgan fingerprint density at radius 3 is 2.67 bits per heavy atom. The normalized spacial score (nSPS) is 11.3. The molecule has 5 rings (SSSR count). The number of halogens is 1. The lowest BCUT2D eigenvalue weighted by Crippen LogP contribution is -1.95. The zero-order chi connectivity index (χ0) is 18.2. The average Bonchev–Trinajstić information content (AvgIpc) is 3.34. The fourth-order valence-electron chi connectivity index (χ4n) is 2.81. The van der Waals surface area contributed by atoms with Crippen molar-refractivity contribution < 1.29 is 9.13 Å². The number of benzene rings is 2. The van der Waals surface area contributed by atoms with Gasteiger partial charge in [0.1, 0.15) is 24.5 Å². The molecule has 8 heteroatoms. The van der Waals surface area contributed by atoms with Gasteiger partial charge in [0.25, 0.3) is 0 Å². The molecule has 1 N–H and O–H groups in total. The summed E-state index contributed by atoms with van der Waals surface area (Å²) in [5.74, 6) is 0.949. The number of hydrogen-bond acceptors (Lipinski definition) is 5. The molecule has 0 aliphatic rings. The first-order valence-electron chi connectivity index (χ1n) is 8.28. The third-order valence-corrected chi connectivity index (χ3v) is 4.22. The summed E-state index contributed by atoms with van der Waals surface area (Å²) in [5, 5.41) is 12.1. The summed E-state index contributed by atoms with van der Waals surface area (Å²) in [4.78, 5) is 8.85. The molecule has 0 saturated heterocycles. The monoisotopic (exact) mass is 360 g/mol. The van der Waals surface area contributed by atoms with E-state index >= 15 is 0 Å². The molecule has 0 amide bonds. The van der Waals surface area contributed by atoms with Crippen LogP contribution >= 0.6 is 0 Å². The average molecular weight is 360 g/mol. The molecule has 0 fully saturated rings. The molecule has 0 unspecified atom stereocenters. The highest BCUT2D eigenvalue weighted by molar-refractivity contribution is 5.88. The molecule has 3 aromatic heterocycles. The highest BCUT2D eigenvalue weighted by Crippen LogP contribution is 2.21. The molecule has 0 radical (unpaired) electrons. The number of hydrogen-bond donors (Lipinski definition) is 1. The van der Waals surface area contributed by atoms with Crippen LogP contribution in [0, 0.1) is 5.82 Å². The van der Waals surface area contributed by atoms with E-state index < -0.39 is 0 Å². The number of nitrogens with one attached hydrogen (secondary N) is 1. The summed E-state index contributed by atoms with van der Waals surface area (Å²) in [6, 6.07) is 13.8. The molecule has 27 heavy (non-hydrogen) atoms. The Labute approximate surface area is 152 Å². The molecule has 5 aromatic rings. The molecule has 0 aliphatic heterocycles. The van der Waals surface area contributed by atoms with Gasteiger partial charge in [-0.15, -0.1) is 5.10 Å². The molecule has 2 aromatic carbocycles. The Morgan fingerprint density at radius 1 is 1.04 bits per heavy atom. The molecule has 3 heterocycles. The van der Waals surface area contributed by atoms with Crippen molar-refractivity contribution >= 4 is 16.7 Å². The van der Waals surface area contributed by atoms with E-state index in [9.17, 15) is 4.39 Å². The van der Waals surface area contributed by atoms with Crippen LogP contribution in [0.3, 0.4) is 0 Å². The number of aromatic amines is 1. The molecule has 0 atom stereocenters. The lowest BCUT2D eigenvalue weighted by molar-refractivity contribution is 0.306. The topological polar surface area (TPSA) is 81.0 Å². The maximum Gasteiger partial charge on any atom is 0.182 e. The second-order valence-corrected chi connectivity index (χ2v) is 6.02. The van der Waals surface area contributed by atoms with Crippen LogP contribution < -0.4 is 4.74 Å². The number of nitrogens with zero attached hydrogens (tertiary/aromatic N) is 5. The van der Waals surface area contributed by atoms with E-state index in [0.717, 1.165) is 16.5 Å². The second kappa shape index (κ2) is 6.17. The Kier molecular flexibility index (Phi) is 3.53. The molecular weight excluding hydrogens is 347 g/mol. The number of fused-ring (bicyclic) bond motifs is 3. The Hall–Kier alpha value is -3.81. The fourth-order valence-corrected chi connectivity index (χ4v) is 2.81. The first-order valence-corrected chi connectivity index (χ1v) is 8.28. The van der Waals surface area contributed by atoms with E-state index in [2.05, 4.69) is 25.3 Å². The number of ether oxygens (including phenoxy) is 1. The molecule has 7 nitrogen and oxygen atoms in total. The predicted molar refractivity (Wildman–Crippen MR) is 96.6 cm³/mol. The smallest absolute Gasteiger partial charge is 0.182 e. The van der Waals surface area contributed by atoms with Crippen LogP contribution in [-0.2, 0) is 6.61 Å². The highest BCUT2D eigenvalue weighted by Gasteiger charge is 2.11. The molecule has 0 saturated carbocycles. The van der Waals surface area contributed by atoms with Crippen molar-refractivity contribution in [1.29, 1.82) is 0 Å². The molecule has 132 valence electrons. The summed E-state index contributed by atoms with van der Waals surface area (Å²) in [6.07, 6.45) is 3.29. The van der Waals surface area contributed by atoms with E-state index in [4.69, 9.17) is 4.74 Å². The quantitative estimate of drug-likeness (QED) is 0.531. The van der Waals surface area contributed by atoms with Gasteiger partial charge in [-0.25, -0.2) is 18.9 Å². The van der Waals surface area contributed by atoms with Gasteiger partial charge < -0.3 is 4.74 Å². The van der Waals surface area contributed by atoms with Gasteiger partial charge in [-0.2, -0.15) is 5.10 Å². The van der Waals surface area contributed by atoms with E-state index in [0.29, 0.717) is 29.5 Å². The van der Waals surface area contributed by atoms with Crippen LogP contribution in [0.2, 0.25) is 0 Å². The van der Waals surface area contributed by atoms with Gasteiger partial charge in [-0.3, -0.25) is 5.10 Å². The van der Waals surface area contributed by atoms with E-state index in [1.165, 1.54) is 12.1 Å². The SMILES string of the molecule is Fc1ccc(OCc2ccc(-c3nc4c5cn[nH]c5ncn4n3)cc2)cc1. The van der Waals surface area contributed by atoms with Crippen LogP contribution in [0.15, 0.2) is 61.1 Å². The molecule has 0 spiro atoms. The van der Waals surface area contributed by atoms with Crippen LogP contribution in [0.4, 0.5) is 4.39 Å². The highest BCUT2D eigenvalue weighted by atomic mass is 19.1. The van der Waals surface area contributed by atoms with Gasteiger partial charge in [0, 0.05) is 5.56 Å². The summed E-state index contributed by atoms with van der Waals surface area (Å²) >= 11 is 0. The van der Waals surface area contributed by atoms with E-state index in [1.807, 2.05) is 24.3 Å². The molecule has 0 aliphatic carbocycles. The van der Waals surface area contributed by atoms with Gasteiger partial charge in [-0.1, -0.05) is 24.3 Å². The summed E-state index contributed by atoms with van der Waals surface area (Å²) in [6.45, 7) is 0.393. The van der Waals surface area contributed by atoms with E-state index in [-0.39, 0.29) is 5.82 Å². The Balaban J connectivity index is 1.38. The van der Waals surface area contributed by atoms with Gasteiger partial charge in [0.15, 0.2) is 17.1 Å². The van der Waals surface area contributed by atoms with Crippen LogP contribution in [-0.4, -0.2) is 29.8 Å². The number of H-pyrrole nitrogens is 1. The van der Waals surface area contributed by atoms with Crippen molar-refractivity contribution in [1.82, 2.24) is 29.8 Å². The predicted octanol–water partition coefficient (Wildman–Crippen LogP) is 3.39. The van der Waals surface area contributed by atoms with Gasteiger partial charge in [0.05, 0.1) is 11.6 Å². The minimum atomic E-state index is -0.283. The van der Waals surface area contributed by atoms with Crippen LogP contribution in [0.25, 0.3) is 28.1 Å². The zero-order valence-corrected chi connectivity index (χ0v) is 14.0. The van der Waals surface area contributed by atoms with Crippen molar-refractivity contribution in [2.75, 3.05) is 0 Å². The minimum Gasteiger partial charge on any atom is -0.489 e. The summed E-state index contributed by atoms with van der Waals surface area (Å²) in [5.41, 5.74) is 3.26. The lowest BCUT2D eigenvalue weighted by Gasteiger charge is -2.06. The Morgan fingerprint density at radius 2 is 1.85 bits per heavy atom. The third kappa shape index (κ3) is 2.86. The maximum absolute atomic E-state index is 12.9. The third-order valence-electron chi connectivity index (χ3n) is 4.22. The fraction of sp³-hybridized carbons (Fsp3) is 0.0526. The van der Waals surface area contributed by atoms with Crippen molar-refractivity contribution in [2.24, 2.45) is 0 Å². The van der Waals surface area contributed by atoms with E-state index in [1.54, 1.807) is 29.2 Å². The second-order valence-electron chi connectivity index (χ2n) is 6.02. The van der Waals surface area contributed by atoms with Crippen LogP contribution in [0.5, 0.6) is 5.75 Å². The standard InChI is InChI=1S/C19H13FN6O/c20-14-5-7-15(8-6-14)27-10-12-1-3-13(4-2-12)17-23-19-16-9-22-24-18(16)21-11-26(19)25-17/h1-9,11H,10H2,(H,22,24). The molecule has 0 bridgehead atoms. The number of rotatable bonds is 4. The minimum absolute atomic E-state index is 0.283. The number of aromatic nitrogens is 6. The first kappa shape index (κ1) is 15.4. The summed E-state index contributed by atoms with van der Waals surface area (Å²) < 4.78 is 20.2. The van der Waals surface area contributed by atoms with Crippen molar-refractivity contribution in [2.45, 2.75) is 6.61 Å². The maximum atomic E-state index is 12.9. The van der Waals surface area contributed by atoms with Crippen molar-refractivity contribution in [3.05, 3.63) is 72.4 Å². The molecular formula is C19H13FN6O. The largest absolute Gasteiger partial charge is 0.489 e. The lowest BCUT2D eigenvalue weighted by atomic mass is 10.1. The van der Waals surface area contributed by atoms with Crippen molar-refractivity contribution in [3.63, 3.8) is 0 Å². The van der Waals surface area contributed by atoms with Crippen LogP contribution in [0.1, 0.15) is 5.56 Å². The first-order chi connectivity index (χ1) is 13.3. The van der Waals surface area contributed by atoms with Crippen molar-refractivity contribution in [3.8, 4) is 17.1 Å².